The molecule has 1 aromatic carbocycles. The van der Waals surface area contributed by atoms with E-state index in [9.17, 15) is 20.2 Å². The van der Waals surface area contributed by atoms with Gasteiger partial charge in [0, 0.05) is 40.9 Å². The van der Waals surface area contributed by atoms with E-state index in [1.807, 2.05) is 6.07 Å². The van der Waals surface area contributed by atoms with Crippen LogP contribution in [0.3, 0.4) is 0 Å². The van der Waals surface area contributed by atoms with E-state index < -0.39 is 4.92 Å². The van der Waals surface area contributed by atoms with E-state index >= 15 is 0 Å². The highest BCUT2D eigenvalue weighted by molar-refractivity contribution is 7.99. The molecule has 2 aromatic heterocycles. The number of hydrogen-bond acceptors (Lipinski definition) is 8. The van der Waals surface area contributed by atoms with Crippen LogP contribution >= 0.6 is 23.1 Å². The van der Waals surface area contributed by atoms with Crippen molar-refractivity contribution in [1.82, 2.24) is 9.97 Å². The lowest BCUT2D eigenvalue weighted by Gasteiger charge is -2.34. The molecule has 0 fully saturated rings. The minimum Gasteiger partial charge on any atom is -0.302 e. The van der Waals surface area contributed by atoms with Gasteiger partial charge in [-0.1, -0.05) is 32.9 Å². The summed E-state index contributed by atoms with van der Waals surface area (Å²) in [6.45, 7) is 6.78. The Morgan fingerprint density at radius 1 is 1.33 bits per heavy atom. The molecular formula is C26H27N5O3S2. The second-order valence-corrected chi connectivity index (χ2v) is 11.8. The largest absolute Gasteiger partial charge is 0.302 e. The van der Waals surface area contributed by atoms with Crippen molar-refractivity contribution in [2.75, 3.05) is 11.1 Å². The van der Waals surface area contributed by atoms with Gasteiger partial charge in [0.1, 0.15) is 11.1 Å². The van der Waals surface area contributed by atoms with Gasteiger partial charge in [-0.2, -0.15) is 5.26 Å². The molecule has 0 saturated carbocycles. The molecule has 1 atom stereocenters. The van der Waals surface area contributed by atoms with E-state index in [4.69, 9.17) is 4.98 Å². The van der Waals surface area contributed by atoms with E-state index in [1.54, 1.807) is 17.5 Å². The maximum Gasteiger partial charge on any atom is 0.270 e. The van der Waals surface area contributed by atoms with Crippen molar-refractivity contribution >= 4 is 39.8 Å². The number of amides is 1. The molecule has 2 heterocycles. The maximum absolute atomic E-state index is 12.5. The highest BCUT2D eigenvalue weighted by atomic mass is 32.2. The van der Waals surface area contributed by atoms with Crippen LogP contribution in [0.1, 0.15) is 50.4 Å². The number of hydrogen-bond donors (Lipinski definition) is 1. The smallest absolute Gasteiger partial charge is 0.270 e. The molecular weight excluding hydrogens is 494 g/mol. The molecule has 0 radical (unpaired) electrons. The summed E-state index contributed by atoms with van der Waals surface area (Å²) >= 11 is 2.69. The van der Waals surface area contributed by atoms with Crippen LogP contribution in [0.4, 0.5) is 10.8 Å². The molecule has 1 aliphatic rings. The number of nitrogens with one attached hydrogen (secondary N) is 1. The Balaban J connectivity index is 1.34. The lowest BCUT2D eigenvalue weighted by molar-refractivity contribution is -0.384. The number of benzene rings is 1. The Morgan fingerprint density at radius 3 is 2.86 bits per heavy atom. The molecule has 10 heteroatoms. The normalized spacial score (nSPS) is 15.1. The minimum atomic E-state index is -0.450. The van der Waals surface area contributed by atoms with Gasteiger partial charge in [-0.15, -0.1) is 23.1 Å². The van der Waals surface area contributed by atoms with Crippen molar-refractivity contribution in [2.45, 2.75) is 51.5 Å². The number of aromatic nitrogens is 2. The summed E-state index contributed by atoms with van der Waals surface area (Å²) in [6, 6.07) is 10.5. The Hall–Kier alpha value is -3.29. The topological polar surface area (TPSA) is 122 Å². The number of carbonyl (C=O) groups excluding carboxylic acids is 1. The lowest BCUT2D eigenvalue weighted by Crippen LogP contribution is -2.27. The SMILES string of the molecule is CC(C)(C)C1CCc2nc(SCCC(=O)Nc3nc(-c4cccc([N+](=O)[O-])c4)cs3)c(C#N)cc2C1. The van der Waals surface area contributed by atoms with Crippen molar-refractivity contribution in [2.24, 2.45) is 11.3 Å². The molecule has 1 amide bonds. The monoisotopic (exact) mass is 521 g/mol. The zero-order chi connectivity index (χ0) is 25.9. The molecule has 186 valence electrons. The van der Waals surface area contributed by atoms with Crippen molar-refractivity contribution in [1.29, 1.82) is 5.26 Å². The number of thioether (sulfide) groups is 1. The van der Waals surface area contributed by atoms with Crippen LogP contribution in [0.2, 0.25) is 0 Å². The molecule has 36 heavy (non-hydrogen) atoms. The summed E-state index contributed by atoms with van der Waals surface area (Å²) in [7, 11) is 0. The summed E-state index contributed by atoms with van der Waals surface area (Å²) < 4.78 is 0. The quantitative estimate of drug-likeness (QED) is 0.221. The van der Waals surface area contributed by atoms with E-state index in [1.165, 1.54) is 40.8 Å². The molecule has 3 aromatic rings. The van der Waals surface area contributed by atoms with Gasteiger partial charge in [-0.05, 0) is 42.2 Å². The van der Waals surface area contributed by atoms with Crippen molar-refractivity contribution in [3.63, 3.8) is 0 Å². The van der Waals surface area contributed by atoms with Gasteiger partial charge in [-0.3, -0.25) is 14.9 Å². The summed E-state index contributed by atoms with van der Waals surface area (Å²) in [5.41, 5.74) is 4.20. The number of carbonyl (C=O) groups is 1. The van der Waals surface area contributed by atoms with Crippen LogP contribution in [-0.2, 0) is 17.6 Å². The third-order valence-electron chi connectivity index (χ3n) is 6.37. The van der Waals surface area contributed by atoms with Crippen molar-refractivity contribution < 1.29 is 9.72 Å². The number of nitriles is 1. The first-order valence-corrected chi connectivity index (χ1v) is 13.6. The molecule has 1 unspecified atom stereocenters. The fourth-order valence-corrected chi connectivity index (χ4v) is 5.89. The van der Waals surface area contributed by atoms with Crippen molar-refractivity contribution in [3.8, 4) is 17.3 Å². The molecule has 0 saturated heterocycles. The van der Waals surface area contributed by atoms with Crippen LogP contribution in [0.25, 0.3) is 11.3 Å². The van der Waals surface area contributed by atoms with Crippen LogP contribution < -0.4 is 5.32 Å². The van der Waals surface area contributed by atoms with E-state index in [0.29, 0.717) is 38.6 Å². The molecule has 0 spiro atoms. The average molecular weight is 522 g/mol. The number of nitrogens with zero attached hydrogens (tertiary/aromatic N) is 4. The molecule has 0 aliphatic heterocycles. The highest BCUT2D eigenvalue weighted by Gasteiger charge is 2.30. The minimum absolute atomic E-state index is 0.00958. The second-order valence-electron chi connectivity index (χ2n) is 9.86. The van der Waals surface area contributed by atoms with Gasteiger partial charge >= 0.3 is 0 Å². The number of rotatable bonds is 7. The van der Waals surface area contributed by atoms with Crippen LogP contribution in [0.15, 0.2) is 40.7 Å². The van der Waals surface area contributed by atoms with E-state index in [2.05, 4.69) is 37.1 Å². The van der Waals surface area contributed by atoms with Gasteiger partial charge in [0.25, 0.3) is 5.69 Å². The van der Waals surface area contributed by atoms with E-state index in [-0.39, 0.29) is 23.4 Å². The molecule has 1 aliphatic carbocycles. The van der Waals surface area contributed by atoms with Gasteiger partial charge < -0.3 is 5.32 Å². The third kappa shape index (κ3) is 6.09. The average Bonchev–Trinajstić information content (AvgIpc) is 3.31. The number of fused-ring (bicyclic) bond motifs is 1. The zero-order valence-corrected chi connectivity index (χ0v) is 22.0. The van der Waals surface area contributed by atoms with E-state index in [0.717, 1.165) is 25.0 Å². The predicted octanol–water partition coefficient (Wildman–Crippen LogP) is 6.26. The Kier molecular flexibility index (Phi) is 7.71. The predicted molar refractivity (Wildman–Crippen MR) is 142 cm³/mol. The van der Waals surface area contributed by atoms with Crippen LogP contribution in [-0.4, -0.2) is 26.6 Å². The number of nitro groups is 1. The van der Waals surface area contributed by atoms with Gasteiger partial charge in [-0.25, -0.2) is 9.97 Å². The third-order valence-corrected chi connectivity index (χ3v) is 8.12. The highest BCUT2D eigenvalue weighted by Crippen LogP contribution is 2.38. The first-order valence-electron chi connectivity index (χ1n) is 11.7. The number of pyridine rings is 1. The van der Waals surface area contributed by atoms with Crippen LogP contribution in [0, 0.1) is 32.8 Å². The van der Waals surface area contributed by atoms with Gasteiger partial charge in [0.2, 0.25) is 5.91 Å². The number of non-ortho nitro benzene ring substituents is 1. The standard InChI is InChI=1S/C26H27N5O3S2/c1-26(2,3)19-7-8-21-17(12-19)11-18(14-27)24(28-21)35-10-9-23(32)30-25-29-22(15-36-25)16-5-4-6-20(13-16)31(33)34/h4-6,11,13,15,19H,7-10,12H2,1-3H3,(H,29,30,32). The Labute approximate surface area is 218 Å². The summed E-state index contributed by atoms with van der Waals surface area (Å²) in [4.78, 5) is 32.2. The maximum atomic E-state index is 12.5. The zero-order valence-electron chi connectivity index (χ0n) is 20.4. The Morgan fingerprint density at radius 2 is 2.14 bits per heavy atom. The fraction of sp³-hybridized carbons (Fsp3) is 0.385. The van der Waals surface area contributed by atoms with Gasteiger partial charge in [0.05, 0.1) is 16.2 Å². The number of aryl methyl sites for hydroxylation is 1. The van der Waals surface area contributed by atoms with Crippen LogP contribution in [0.5, 0.6) is 0 Å². The first-order chi connectivity index (χ1) is 17.1. The lowest BCUT2D eigenvalue weighted by atomic mass is 9.71. The first kappa shape index (κ1) is 25.8. The van der Waals surface area contributed by atoms with Crippen molar-refractivity contribution in [3.05, 3.63) is 62.6 Å². The molecule has 4 rings (SSSR count). The Bertz CT molecular complexity index is 1340. The number of thiazole rings is 1. The van der Waals surface area contributed by atoms with Gasteiger partial charge in [0.15, 0.2) is 5.13 Å². The molecule has 8 nitrogen and oxygen atoms in total. The second kappa shape index (κ2) is 10.8. The summed E-state index contributed by atoms with van der Waals surface area (Å²) in [6.07, 6.45) is 3.19. The fourth-order valence-electron chi connectivity index (χ4n) is 4.24. The summed E-state index contributed by atoms with van der Waals surface area (Å²) in [5.74, 6) is 0.871. The molecule has 1 N–H and O–H groups in total. The number of nitro benzene ring substituents is 1. The number of anilines is 1. The summed E-state index contributed by atoms with van der Waals surface area (Å²) in [5, 5.41) is 26.3. The molecule has 0 bridgehead atoms.